The topological polar surface area (TPSA) is 73.9 Å². The SMILES string of the molecule is CCOC(=O)[C@H](C)NP(=O)(COC)Oc1c([C@H](C)C2CC2)cccc1[C@H](C)C1CC1. The molecule has 0 bridgehead atoms. The quantitative estimate of drug-likeness (QED) is 0.347. The molecule has 0 spiro atoms. The molecule has 2 aliphatic rings. The molecule has 30 heavy (non-hydrogen) atoms. The molecule has 6 nitrogen and oxygen atoms in total. The molecule has 1 aromatic carbocycles. The summed E-state index contributed by atoms with van der Waals surface area (Å²) in [5, 5.41) is 2.88. The van der Waals surface area contributed by atoms with Crippen molar-refractivity contribution >= 4 is 13.5 Å². The van der Waals surface area contributed by atoms with Crippen molar-refractivity contribution in [3.63, 3.8) is 0 Å². The van der Waals surface area contributed by atoms with E-state index in [0.29, 0.717) is 29.4 Å². The van der Waals surface area contributed by atoms with Crippen molar-refractivity contribution in [2.24, 2.45) is 11.8 Å². The highest BCUT2D eigenvalue weighted by molar-refractivity contribution is 7.57. The maximum Gasteiger partial charge on any atom is 0.342 e. The largest absolute Gasteiger partial charge is 0.465 e. The number of nitrogens with one attached hydrogen (secondary N) is 1. The molecule has 0 radical (unpaired) electrons. The molecule has 2 aliphatic carbocycles. The van der Waals surface area contributed by atoms with Crippen molar-refractivity contribution in [1.82, 2.24) is 5.09 Å². The summed E-state index contributed by atoms with van der Waals surface area (Å²) in [5.74, 6) is 2.22. The highest BCUT2D eigenvalue weighted by atomic mass is 31.2. The van der Waals surface area contributed by atoms with Gasteiger partial charge in [-0.25, -0.2) is 5.09 Å². The summed E-state index contributed by atoms with van der Waals surface area (Å²) in [6.07, 6.45) is 4.75. The van der Waals surface area contributed by atoms with Crippen LogP contribution in [0.2, 0.25) is 0 Å². The minimum Gasteiger partial charge on any atom is -0.465 e. The summed E-state index contributed by atoms with van der Waals surface area (Å²) in [6, 6.07) is 5.51. The Hall–Kier alpha value is -1.36. The van der Waals surface area contributed by atoms with Gasteiger partial charge in [0.05, 0.1) is 6.61 Å². The molecule has 4 atom stereocenters. The molecule has 0 saturated heterocycles. The van der Waals surface area contributed by atoms with Gasteiger partial charge in [0.1, 0.15) is 18.1 Å². The van der Waals surface area contributed by atoms with Crippen LogP contribution >= 0.6 is 7.52 Å². The van der Waals surface area contributed by atoms with Gasteiger partial charge >= 0.3 is 13.5 Å². The van der Waals surface area contributed by atoms with E-state index in [2.05, 4.69) is 37.1 Å². The minimum absolute atomic E-state index is 0.125. The van der Waals surface area contributed by atoms with E-state index in [-0.39, 0.29) is 13.0 Å². The molecule has 168 valence electrons. The fourth-order valence-electron chi connectivity index (χ4n) is 4.12. The highest BCUT2D eigenvalue weighted by Crippen LogP contribution is 2.54. The van der Waals surface area contributed by atoms with Crippen LogP contribution < -0.4 is 9.61 Å². The lowest BCUT2D eigenvalue weighted by Crippen LogP contribution is -2.35. The third-order valence-corrected chi connectivity index (χ3v) is 8.14. The third kappa shape index (κ3) is 5.66. The Morgan fingerprint density at radius 2 is 1.63 bits per heavy atom. The number of ether oxygens (including phenoxy) is 2. The molecule has 1 unspecified atom stereocenters. The van der Waals surface area contributed by atoms with Gasteiger partial charge in [0.2, 0.25) is 0 Å². The molecule has 0 heterocycles. The van der Waals surface area contributed by atoms with E-state index in [1.54, 1.807) is 13.8 Å². The zero-order valence-corrected chi connectivity index (χ0v) is 19.7. The summed E-state index contributed by atoms with van der Waals surface area (Å²) in [6.45, 7) is 8.10. The van der Waals surface area contributed by atoms with Gasteiger partial charge in [-0.2, -0.15) is 0 Å². The summed E-state index contributed by atoms with van der Waals surface area (Å²) < 4.78 is 30.4. The van der Waals surface area contributed by atoms with Crippen LogP contribution in [0.3, 0.4) is 0 Å². The molecule has 2 saturated carbocycles. The van der Waals surface area contributed by atoms with E-state index in [1.807, 2.05) is 0 Å². The molecule has 1 N–H and O–H groups in total. The molecular weight excluding hydrogens is 401 g/mol. The van der Waals surface area contributed by atoms with E-state index >= 15 is 0 Å². The second-order valence-corrected chi connectivity index (χ2v) is 10.8. The number of carbonyl (C=O) groups is 1. The lowest BCUT2D eigenvalue weighted by Gasteiger charge is -2.28. The average Bonchev–Trinajstić information content (AvgIpc) is 3.59. The van der Waals surface area contributed by atoms with Crippen molar-refractivity contribution in [1.29, 1.82) is 0 Å². The van der Waals surface area contributed by atoms with Gasteiger partial charge in [-0.1, -0.05) is 32.0 Å². The lowest BCUT2D eigenvalue weighted by molar-refractivity contribution is -0.144. The number of rotatable bonds is 12. The second kappa shape index (κ2) is 9.84. The maximum atomic E-state index is 13.8. The van der Waals surface area contributed by atoms with Gasteiger partial charge in [-0.15, -0.1) is 0 Å². The van der Waals surface area contributed by atoms with Gasteiger partial charge in [0.15, 0.2) is 0 Å². The summed E-state index contributed by atoms with van der Waals surface area (Å²) >= 11 is 0. The molecule has 0 aromatic heterocycles. The van der Waals surface area contributed by atoms with Crippen molar-refractivity contribution in [2.45, 2.75) is 71.3 Å². The monoisotopic (exact) mass is 437 g/mol. The van der Waals surface area contributed by atoms with Crippen molar-refractivity contribution in [3.8, 4) is 5.75 Å². The maximum absolute atomic E-state index is 13.8. The van der Waals surface area contributed by atoms with Crippen LogP contribution in [0.1, 0.15) is 76.3 Å². The summed E-state index contributed by atoms with van der Waals surface area (Å²) in [4.78, 5) is 12.1. The zero-order valence-electron chi connectivity index (χ0n) is 18.8. The molecule has 0 aliphatic heterocycles. The normalized spacial score (nSPS) is 21.4. The van der Waals surface area contributed by atoms with E-state index in [4.69, 9.17) is 14.0 Å². The van der Waals surface area contributed by atoms with E-state index < -0.39 is 19.5 Å². The molecule has 2 fully saturated rings. The lowest BCUT2D eigenvalue weighted by atomic mass is 9.88. The fraction of sp³-hybridized carbons (Fsp3) is 0.696. The number of carbonyl (C=O) groups excluding carboxylic acids is 1. The van der Waals surface area contributed by atoms with Gasteiger partial charge in [-0.3, -0.25) is 9.36 Å². The standard InChI is InChI=1S/C23H36NO5P/c1-6-28-23(25)17(4)24-30(26,14-27-5)29-22-20(15(2)18-10-11-18)8-7-9-21(22)16(3)19-12-13-19/h7-9,15-19H,6,10-14H2,1-5H3,(H,24,26)/t15-,16-,17+,30?/m1/s1. The number of para-hydroxylation sites is 1. The van der Waals surface area contributed by atoms with Gasteiger partial charge in [-0.05, 0) is 74.3 Å². The average molecular weight is 438 g/mol. The van der Waals surface area contributed by atoms with Crippen molar-refractivity contribution in [2.75, 3.05) is 20.1 Å². The first kappa shape index (κ1) is 23.3. The zero-order chi connectivity index (χ0) is 21.9. The van der Waals surface area contributed by atoms with Crippen LogP contribution in [0.5, 0.6) is 5.75 Å². The first-order valence-electron chi connectivity index (χ1n) is 11.1. The van der Waals surface area contributed by atoms with Crippen LogP contribution in [0.4, 0.5) is 0 Å². The van der Waals surface area contributed by atoms with E-state index in [1.165, 1.54) is 32.8 Å². The Labute approximate surface area is 180 Å². The molecule has 1 aromatic rings. The number of methoxy groups -OCH3 is 1. The molecular formula is C23H36NO5P. The van der Waals surface area contributed by atoms with Crippen molar-refractivity contribution in [3.05, 3.63) is 29.3 Å². The van der Waals surface area contributed by atoms with Crippen LogP contribution in [0.25, 0.3) is 0 Å². The van der Waals surface area contributed by atoms with Gasteiger partial charge in [0, 0.05) is 7.11 Å². The summed E-state index contributed by atoms with van der Waals surface area (Å²) in [5.41, 5.74) is 2.20. The smallest absolute Gasteiger partial charge is 0.342 e. The Morgan fingerprint density at radius 3 is 2.07 bits per heavy atom. The number of esters is 1. The number of hydrogen-bond acceptors (Lipinski definition) is 5. The van der Waals surface area contributed by atoms with Crippen LogP contribution in [0, 0.1) is 11.8 Å². The van der Waals surface area contributed by atoms with Crippen LogP contribution in [-0.2, 0) is 18.8 Å². The van der Waals surface area contributed by atoms with Crippen LogP contribution in [-0.4, -0.2) is 32.1 Å². The Kier molecular flexibility index (Phi) is 7.65. The predicted octanol–water partition coefficient (Wildman–Crippen LogP) is 5.43. The number of benzene rings is 1. The van der Waals surface area contributed by atoms with Crippen LogP contribution in [0.15, 0.2) is 18.2 Å². The molecule has 7 heteroatoms. The summed E-state index contributed by atoms with van der Waals surface area (Å²) in [7, 11) is -2.02. The molecule has 0 amide bonds. The number of hydrogen-bond donors (Lipinski definition) is 1. The van der Waals surface area contributed by atoms with E-state index in [0.717, 1.165) is 11.1 Å². The van der Waals surface area contributed by atoms with Gasteiger partial charge in [0.25, 0.3) is 0 Å². The van der Waals surface area contributed by atoms with Gasteiger partial charge < -0.3 is 14.0 Å². The minimum atomic E-state index is -3.50. The fourth-order valence-corrected chi connectivity index (χ4v) is 5.84. The van der Waals surface area contributed by atoms with E-state index in [9.17, 15) is 9.36 Å². The first-order chi connectivity index (χ1) is 14.3. The Morgan fingerprint density at radius 1 is 1.10 bits per heavy atom. The third-order valence-electron chi connectivity index (χ3n) is 6.28. The predicted molar refractivity (Wildman–Crippen MR) is 118 cm³/mol. The molecule has 3 rings (SSSR count). The van der Waals surface area contributed by atoms with Crippen molar-refractivity contribution < 1.29 is 23.4 Å². The Bertz CT molecular complexity index is 754. The Balaban J connectivity index is 1.93. The first-order valence-corrected chi connectivity index (χ1v) is 13.0. The second-order valence-electron chi connectivity index (χ2n) is 8.80. The highest BCUT2D eigenvalue weighted by Gasteiger charge is 2.38.